The Morgan fingerprint density at radius 3 is 2.86 bits per heavy atom. The number of aryl methyl sites for hydroxylation is 1. The third-order valence-corrected chi connectivity index (χ3v) is 2.43. The van der Waals surface area contributed by atoms with Crippen molar-refractivity contribution in [3.63, 3.8) is 0 Å². The van der Waals surface area contributed by atoms with Gasteiger partial charge in [-0.3, -0.25) is 9.48 Å². The van der Waals surface area contributed by atoms with Crippen molar-refractivity contribution in [1.29, 1.82) is 0 Å². The molecule has 0 spiro atoms. The van der Waals surface area contributed by atoms with Gasteiger partial charge in [0.1, 0.15) is 0 Å². The van der Waals surface area contributed by atoms with E-state index in [0.717, 1.165) is 5.69 Å². The van der Waals surface area contributed by atoms with Gasteiger partial charge in [0.25, 0.3) is 0 Å². The smallest absolute Gasteiger partial charge is 0.234 e. The molecular weight excluding hydrogens is 204 g/mol. The van der Waals surface area contributed by atoms with Gasteiger partial charge in [-0.25, -0.2) is 0 Å². The lowest BCUT2D eigenvalue weighted by atomic mass is 10.2. The highest BCUT2D eigenvalue weighted by Crippen LogP contribution is 2.13. The molecule has 0 aliphatic rings. The number of amides is 1. The summed E-state index contributed by atoms with van der Waals surface area (Å²) in [6.45, 7) is 2.40. The molecule has 1 aromatic heterocycles. The van der Waals surface area contributed by atoms with Crippen molar-refractivity contribution in [2.45, 2.75) is 25.9 Å². The van der Waals surface area contributed by atoms with Gasteiger partial charge in [0, 0.05) is 6.54 Å². The summed E-state index contributed by atoms with van der Waals surface area (Å²) in [6.07, 6.45) is 2.03. The van der Waals surface area contributed by atoms with Crippen LogP contribution in [0.1, 0.15) is 12.1 Å². The monoisotopic (exact) mass is 216 g/mol. The molecule has 1 rings (SSSR count). The van der Waals surface area contributed by atoms with Crippen molar-refractivity contribution in [1.82, 2.24) is 9.78 Å². The minimum absolute atomic E-state index is 0.466. The first-order valence-corrected chi connectivity index (χ1v) is 4.63. The molecule has 1 atom stereocenters. The summed E-state index contributed by atoms with van der Waals surface area (Å²) in [6, 6.07) is -0.627. The van der Waals surface area contributed by atoms with Crippen molar-refractivity contribution < 1.29 is 4.79 Å². The summed E-state index contributed by atoms with van der Waals surface area (Å²) in [4.78, 5) is 10.7. The van der Waals surface area contributed by atoms with Gasteiger partial charge in [-0.15, -0.1) is 0 Å². The number of primary amides is 1. The van der Waals surface area contributed by atoms with Crippen molar-refractivity contribution in [2.24, 2.45) is 11.5 Å². The molecule has 0 aromatic carbocycles. The molecule has 5 nitrogen and oxygen atoms in total. The second-order valence-electron chi connectivity index (χ2n) is 3.10. The number of hydrogen-bond donors (Lipinski definition) is 2. The summed E-state index contributed by atoms with van der Waals surface area (Å²) >= 11 is 5.80. The van der Waals surface area contributed by atoms with E-state index >= 15 is 0 Å². The molecule has 1 heterocycles. The predicted molar refractivity (Wildman–Crippen MR) is 53.8 cm³/mol. The molecule has 6 heteroatoms. The Bertz CT molecular complexity index is 336. The Hall–Kier alpha value is -1.07. The summed E-state index contributed by atoms with van der Waals surface area (Å²) in [7, 11) is 0. The molecule has 1 aromatic rings. The van der Waals surface area contributed by atoms with E-state index in [-0.39, 0.29) is 0 Å². The van der Waals surface area contributed by atoms with E-state index in [1.165, 1.54) is 0 Å². The quantitative estimate of drug-likeness (QED) is 0.746. The molecule has 0 aliphatic heterocycles. The van der Waals surface area contributed by atoms with Crippen LogP contribution in [0.2, 0.25) is 5.02 Å². The first kappa shape index (κ1) is 11.0. The van der Waals surface area contributed by atoms with Crippen LogP contribution < -0.4 is 11.5 Å². The number of aromatic nitrogens is 2. The fraction of sp³-hybridized carbons (Fsp3) is 0.500. The first-order valence-electron chi connectivity index (χ1n) is 4.25. The first-order chi connectivity index (χ1) is 6.52. The standard InChI is InChI=1S/C8H13ClN4O/c1-5-6(9)4-12-13(5)3-2-7(10)8(11)14/h4,7H,2-3,10H2,1H3,(H2,11,14). The average Bonchev–Trinajstić information content (AvgIpc) is 2.44. The van der Waals surface area contributed by atoms with E-state index in [1.54, 1.807) is 10.9 Å². The molecule has 78 valence electrons. The van der Waals surface area contributed by atoms with E-state index in [1.807, 2.05) is 6.92 Å². The van der Waals surface area contributed by atoms with Crippen LogP contribution in [0.4, 0.5) is 0 Å². The van der Waals surface area contributed by atoms with E-state index < -0.39 is 11.9 Å². The molecule has 0 saturated heterocycles. The van der Waals surface area contributed by atoms with Crippen molar-refractivity contribution >= 4 is 17.5 Å². The van der Waals surface area contributed by atoms with E-state index in [2.05, 4.69) is 5.10 Å². The Morgan fingerprint density at radius 2 is 2.43 bits per heavy atom. The van der Waals surface area contributed by atoms with Crippen LogP contribution in [0, 0.1) is 6.92 Å². The molecule has 0 radical (unpaired) electrons. The van der Waals surface area contributed by atoms with E-state index in [0.29, 0.717) is 18.0 Å². The molecule has 0 aliphatic carbocycles. The summed E-state index contributed by atoms with van der Waals surface area (Å²) in [5.74, 6) is -0.499. The number of nitrogens with zero attached hydrogens (tertiary/aromatic N) is 2. The average molecular weight is 217 g/mol. The lowest BCUT2D eigenvalue weighted by Crippen LogP contribution is -2.37. The maximum atomic E-state index is 10.7. The topological polar surface area (TPSA) is 86.9 Å². The van der Waals surface area contributed by atoms with Crippen molar-refractivity contribution in [2.75, 3.05) is 0 Å². The zero-order chi connectivity index (χ0) is 10.7. The van der Waals surface area contributed by atoms with Gasteiger partial charge >= 0.3 is 0 Å². The Labute approximate surface area is 87.0 Å². The zero-order valence-electron chi connectivity index (χ0n) is 7.90. The molecule has 1 unspecified atom stereocenters. The van der Waals surface area contributed by atoms with Crippen LogP contribution in [0.3, 0.4) is 0 Å². The van der Waals surface area contributed by atoms with Crippen LogP contribution in [-0.4, -0.2) is 21.7 Å². The fourth-order valence-corrected chi connectivity index (χ4v) is 1.19. The van der Waals surface area contributed by atoms with Crippen molar-refractivity contribution in [3.05, 3.63) is 16.9 Å². The lowest BCUT2D eigenvalue weighted by Gasteiger charge is -2.08. The highest BCUT2D eigenvalue weighted by atomic mass is 35.5. The number of carbonyl (C=O) groups excluding carboxylic acids is 1. The van der Waals surface area contributed by atoms with Gasteiger partial charge in [-0.2, -0.15) is 5.10 Å². The maximum absolute atomic E-state index is 10.7. The molecule has 4 N–H and O–H groups in total. The second-order valence-corrected chi connectivity index (χ2v) is 3.51. The summed E-state index contributed by atoms with van der Waals surface area (Å²) < 4.78 is 1.70. The summed E-state index contributed by atoms with van der Waals surface area (Å²) in [5, 5.41) is 4.63. The SMILES string of the molecule is Cc1c(Cl)cnn1CCC(N)C(N)=O. The molecule has 0 saturated carbocycles. The van der Waals surface area contributed by atoms with Crippen LogP contribution >= 0.6 is 11.6 Å². The third kappa shape index (κ3) is 2.46. The van der Waals surface area contributed by atoms with E-state index in [4.69, 9.17) is 23.1 Å². The number of halogens is 1. The van der Waals surface area contributed by atoms with Gasteiger partial charge in [0.2, 0.25) is 5.91 Å². The van der Waals surface area contributed by atoms with Gasteiger partial charge in [0.05, 0.1) is 23.0 Å². The summed E-state index contributed by atoms with van der Waals surface area (Å²) in [5.41, 5.74) is 11.4. The molecule has 0 fully saturated rings. The van der Waals surface area contributed by atoms with Crippen LogP contribution in [0.25, 0.3) is 0 Å². The molecular formula is C8H13ClN4O. The maximum Gasteiger partial charge on any atom is 0.234 e. The highest BCUT2D eigenvalue weighted by molar-refractivity contribution is 6.31. The molecule has 14 heavy (non-hydrogen) atoms. The molecule has 1 amide bonds. The van der Waals surface area contributed by atoms with Gasteiger partial charge in [0.15, 0.2) is 0 Å². The normalized spacial score (nSPS) is 12.8. The van der Waals surface area contributed by atoms with Gasteiger partial charge in [-0.1, -0.05) is 11.6 Å². The van der Waals surface area contributed by atoms with Crippen LogP contribution in [0.15, 0.2) is 6.20 Å². The second kappa shape index (κ2) is 4.43. The van der Waals surface area contributed by atoms with Gasteiger partial charge < -0.3 is 11.5 Å². The number of carbonyl (C=O) groups is 1. The fourth-order valence-electron chi connectivity index (χ4n) is 1.05. The van der Waals surface area contributed by atoms with Gasteiger partial charge in [-0.05, 0) is 13.3 Å². The largest absolute Gasteiger partial charge is 0.368 e. The van der Waals surface area contributed by atoms with Crippen LogP contribution in [0.5, 0.6) is 0 Å². The minimum Gasteiger partial charge on any atom is -0.368 e. The zero-order valence-corrected chi connectivity index (χ0v) is 8.66. The van der Waals surface area contributed by atoms with E-state index in [9.17, 15) is 4.79 Å². The number of rotatable bonds is 4. The Morgan fingerprint density at radius 1 is 1.79 bits per heavy atom. The Balaban J connectivity index is 2.54. The number of hydrogen-bond acceptors (Lipinski definition) is 3. The minimum atomic E-state index is -0.627. The third-order valence-electron chi connectivity index (χ3n) is 2.06. The number of nitrogens with two attached hydrogens (primary N) is 2. The highest BCUT2D eigenvalue weighted by Gasteiger charge is 2.10. The molecule has 0 bridgehead atoms. The predicted octanol–water partition coefficient (Wildman–Crippen LogP) is 0.0476. The Kier molecular flexibility index (Phi) is 3.49. The lowest BCUT2D eigenvalue weighted by molar-refractivity contribution is -0.119. The van der Waals surface area contributed by atoms with Crippen LogP contribution in [-0.2, 0) is 11.3 Å². The van der Waals surface area contributed by atoms with Crippen molar-refractivity contribution in [3.8, 4) is 0 Å².